The van der Waals surface area contributed by atoms with Crippen molar-refractivity contribution in [2.45, 2.75) is 19.4 Å². The van der Waals surface area contributed by atoms with Crippen molar-refractivity contribution in [1.82, 2.24) is 5.32 Å². The Morgan fingerprint density at radius 2 is 2.00 bits per heavy atom. The molecule has 17 heavy (non-hydrogen) atoms. The maximum atomic E-state index is 11.6. The summed E-state index contributed by atoms with van der Waals surface area (Å²) in [7, 11) is 0. The average molecular weight is 239 g/mol. The maximum Gasteiger partial charge on any atom is 0.326 e. The molecule has 0 heterocycles. The highest BCUT2D eigenvalue weighted by molar-refractivity contribution is 5.98. The van der Waals surface area contributed by atoms with Crippen LogP contribution < -0.4 is 5.32 Å². The first-order valence-electron chi connectivity index (χ1n) is 5.01. The van der Waals surface area contributed by atoms with Crippen molar-refractivity contribution in [2.75, 3.05) is 0 Å². The quantitative estimate of drug-likeness (QED) is 0.618. The fourth-order valence-corrected chi connectivity index (χ4v) is 1.29. The lowest BCUT2D eigenvalue weighted by atomic mass is 10.1. The lowest BCUT2D eigenvalue weighted by Gasteiger charge is -2.12. The molecule has 0 fully saturated rings. The molecule has 0 saturated heterocycles. The van der Waals surface area contributed by atoms with Gasteiger partial charge in [-0.05, 0) is 18.6 Å². The molecule has 1 amide bonds. The Kier molecular flexibility index (Phi) is 3.92. The van der Waals surface area contributed by atoms with Gasteiger partial charge in [-0.2, -0.15) is 0 Å². The van der Waals surface area contributed by atoms with Crippen molar-refractivity contribution < 1.29 is 24.9 Å². The van der Waals surface area contributed by atoms with Crippen molar-refractivity contribution in [3.05, 3.63) is 23.8 Å². The van der Waals surface area contributed by atoms with Crippen LogP contribution in [0.1, 0.15) is 23.7 Å². The Bertz CT molecular complexity index is 443. The Balaban J connectivity index is 2.86. The van der Waals surface area contributed by atoms with Gasteiger partial charge in [0.05, 0.1) is 5.56 Å². The second kappa shape index (κ2) is 5.20. The van der Waals surface area contributed by atoms with Gasteiger partial charge in [0, 0.05) is 6.07 Å². The molecule has 1 rings (SSSR count). The fraction of sp³-hybridized carbons (Fsp3) is 0.273. The second-order valence-electron chi connectivity index (χ2n) is 3.47. The molecule has 1 atom stereocenters. The van der Waals surface area contributed by atoms with Crippen molar-refractivity contribution in [3.63, 3.8) is 0 Å². The van der Waals surface area contributed by atoms with Gasteiger partial charge >= 0.3 is 5.97 Å². The van der Waals surface area contributed by atoms with E-state index in [-0.39, 0.29) is 17.7 Å². The third-order valence-corrected chi connectivity index (χ3v) is 2.24. The van der Waals surface area contributed by atoms with Crippen LogP contribution in [-0.2, 0) is 4.79 Å². The minimum Gasteiger partial charge on any atom is -0.508 e. The van der Waals surface area contributed by atoms with Crippen LogP contribution in [0, 0.1) is 0 Å². The number of amides is 1. The highest BCUT2D eigenvalue weighted by Gasteiger charge is 2.20. The van der Waals surface area contributed by atoms with Crippen LogP contribution in [0.25, 0.3) is 0 Å². The molecule has 0 aliphatic rings. The summed E-state index contributed by atoms with van der Waals surface area (Å²) in [6.45, 7) is 1.62. The van der Waals surface area contributed by atoms with E-state index in [0.29, 0.717) is 0 Å². The number of phenolic OH excluding ortho intramolecular Hbond substituents is 2. The Morgan fingerprint density at radius 3 is 2.47 bits per heavy atom. The summed E-state index contributed by atoms with van der Waals surface area (Å²) < 4.78 is 0. The van der Waals surface area contributed by atoms with E-state index < -0.39 is 23.7 Å². The number of phenols is 2. The van der Waals surface area contributed by atoms with E-state index in [1.165, 1.54) is 12.1 Å². The second-order valence-corrected chi connectivity index (χ2v) is 3.47. The molecule has 1 aromatic carbocycles. The number of hydrogen-bond donors (Lipinski definition) is 4. The predicted octanol–water partition coefficient (Wildman–Crippen LogP) is 0.691. The highest BCUT2D eigenvalue weighted by Crippen LogP contribution is 2.22. The third kappa shape index (κ3) is 3.10. The Labute approximate surface area is 97.5 Å². The zero-order valence-corrected chi connectivity index (χ0v) is 9.17. The van der Waals surface area contributed by atoms with Crippen molar-refractivity contribution in [2.24, 2.45) is 0 Å². The number of carbonyl (C=O) groups excluding carboxylic acids is 1. The van der Waals surface area contributed by atoms with Crippen LogP contribution in [0.3, 0.4) is 0 Å². The summed E-state index contributed by atoms with van der Waals surface area (Å²) in [5.41, 5.74) is -0.0810. The lowest BCUT2D eigenvalue weighted by molar-refractivity contribution is -0.139. The number of benzene rings is 1. The van der Waals surface area contributed by atoms with E-state index >= 15 is 0 Å². The first-order valence-corrected chi connectivity index (χ1v) is 5.01. The van der Waals surface area contributed by atoms with Gasteiger partial charge in [0.2, 0.25) is 0 Å². The normalized spacial score (nSPS) is 11.8. The van der Waals surface area contributed by atoms with Crippen LogP contribution >= 0.6 is 0 Å². The first kappa shape index (κ1) is 12.8. The molecule has 0 aliphatic carbocycles. The zero-order chi connectivity index (χ0) is 13.0. The van der Waals surface area contributed by atoms with Crippen LogP contribution in [-0.4, -0.2) is 33.2 Å². The van der Waals surface area contributed by atoms with Gasteiger partial charge in [0.25, 0.3) is 5.91 Å². The maximum absolute atomic E-state index is 11.6. The van der Waals surface area contributed by atoms with Gasteiger partial charge in [-0.1, -0.05) is 6.92 Å². The summed E-state index contributed by atoms with van der Waals surface area (Å²) in [4.78, 5) is 22.4. The Morgan fingerprint density at radius 1 is 1.35 bits per heavy atom. The van der Waals surface area contributed by atoms with Gasteiger partial charge in [-0.3, -0.25) is 4.79 Å². The minimum absolute atomic E-state index is 0.0810. The molecule has 4 N–H and O–H groups in total. The molecule has 0 spiro atoms. The number of carboxylic acids is 1. The van der Waals surface area contributed by atoms with Gasteiger partial charge in [0.1, 0.15) is 17.5 Å². The number of carboxylic acid groups (broad SMARTS) is 1. The molecule has 0 bridgehead atoms. The number of rotatable bonds is 4. The molecule has 1 aromatic rings. The number of aliphatic carboxylic acids is 1. The van der Waals surface area contributed by atoms with E-state index in [0.717, 1.165) is 6.07 Å². The third-order valence-electron chi connectivity index (χ3n) is 2.24. The number of aromatic hydroxyl groups is 2. The van der Waals surface area contributed by atoms with Crippen LogP contribution in [0.2, 0.25) is 0 Å². The van der Waals surface area contributed by atoms with E-state index in [1.807, 2.05) is 0 Å². The molecule has 6 nitrogen and oxygen atoms in total. The number of nitrogens with one attached hydrogen (secondary N) is 1. The molecule has 0 aromatic heterocycles. The van der Waals surface area contributed by atoms with Gasteiger partial charge < -0.3 is 20.6 Å². The lowest BCUT2D eigenvalue weighted by Crippen LogP contribution is -2.40. The van der Waals surface area contributed by atoms with E-state index in [4.69, 9.17) is 10.2 Å². The largest absolute Gasteiger partial charge is 0.508 e. The van der Waals surface area contributed by atoms with Gasteiger partial charge in [-0.15, -0.1) is 0 Å². The predicted molar refractivity (Wildman–Crippen MR) is 59.0 cm³/mol. The van der Waals surface area contributed by atoms with E-state index in [9.17, 15) is 14.7 Å². The zero-order valence-electron chi connectivity index (χ0n) is 9.17. The van der Waals surface area contributed by atoms with Crippen LogP contribution in [0.15, 0.2) is 18.2 Å². The first-order chi connectivity index (χ1) is 7.95. The molecular weight excluding hydrogens is 226 g/mol. The van der Waals surface area contributed by atoms with Crippen LogP contribution in [0.5, 0.6) is 11.5 Å². The van der Waals surface area contributed by atoms with Crippen molar-refractivity contribution in [3.8, 4) is 11.5 Å². The van der Waals surface area contributed by atoms with E-state index in [2.05, 4.69) is 5.32 Å². The molecule has 0 aliphatic heterocycles. The standard InChI is InChI=1S/C11H13NO5/c1-2-8(11(16)17)12-10(15)7-4-3-6(13)5-9(7)14/h3-5,8,13-14H,2H2,1H3,(H,12,15)(H,16,17)/t8-/m0/s1. The molecule has 6 heteroatoms. The summed E-state index contributed by atoms with van der Waals surface area (Å²) in [6.07, 6.45) is 0.236. The Hall–Kier alpha value is -2.24. The molecule has 0 radical (unpaired) electrons. The average Bonchev–Trinajstić information content (AvgIpc) is 2.24. The number of hydrogen-bond acceptors (Lipinski definition) is 4. The smallest absolute Gasteiger partial charge is 0.326 e. The molecule has 0 unspecified atom stereocenters. The van der Waals surface area contributed by atoms with Gasteiger partial charge in [-0.25, -0.2) is 4.79 Å². The van der Waals surface area contributed by atoms with Crippen molar-refractivity contribution >= 4 is 11.9 Å². The highest BCUT2D eigenvalue weighted by atomic mass is 16.4. The van der Waals surface area contributed by atoms with E-state index in [1.54, 1.807) is 6.92 Å². The summed E-state index contributed by atoms with van der Waals surface area (Å²) in [5, 5.41) is 29.5. The number of carbonyl (C=O) groups is 2. The van der Waals surface area contributed by atoms with Crippen molar-refractivity contribution in [1.29, 1.82) is 0 Å². The molecule has 0 saturated carbocycles. The summed E-state index contributed by atoms with van der Waals surface area (Å²) >= 11 is 0. The summed E-state index contributed by atoms with van der Waals surface area (Å²) in [5.74, 6) is -2.41. The SMILES string of the molecule is CC[C@H](NC(=O)c1ccc(O)cc1O)C(=O)O. The topological polar surface area (TPSA) is 107 Å². The minimum atomic E-state index is -1.14. The monoisotopic (exact) mass is 239 g/mol. The van der Waals surface area contributed by atoms with Gasteiger partial charge in [0.15, 0.2) is 0 Å². The summed E-state index contributed by atoms with van der Waals surface area (Å²) in [6, 6.07) is 2.46. The fourth-order valence-electron chi connectivity index (χ4n) is 1.29. The van der Waals surface area contributed by atoms with Crippen LogP contribution in [0.4, 0.5) is 0 Å². The molecule has 92 valence electrons. The molecular formula is C11H13NO5.